The maximum atomic E-state index is 10.1. The molecule has 0 fully saturated rings. The summed E-state index contributed by atoms with van der Waals surface area (Å²) in [4.78, 5) is 10.1. The van der Waals surface area contributed by atoms with Gasteiger partial charge in [-0.05, 0) is 0 Å². The SMILES string of the molecule is O=C(O)[CH2][In]1[CH]=CC=[CH]1. The Morgan fingerprint density at radius 3 is 2.44 bits per heavy atom. The van der Waals surface area contributed by atoms with Gasteiger partial charge in [0, 0.05) is 0 Å². The minimum atomic E-state index is -1.73. The van der Waals surface area contributed by atoms with Gasteiger partial charge < -0.3 is 0 Å². The van der Waals surface area contributed by atoms with E-state index in [4.69, 9.17) is 5.11 Å². The second kappa shape index (κ2) is 3.11. The van der Waals surface area contributed by atoms with E-state index in [1.807, 2.05) is 12.2 Å². The Bertz CT molecular complexity index is 160. The Morgan fingerprint density at radius 1 is 1.44 bits per heavy atom. The molecule has 0 spiro atoms. The Morgan fingerprint density at radius 2 is 2.00 bits per heavy atom. The van der Waals surface area contributed by atoms with E-state index in [9.17, 15) is 4.79 Å². The van der Waals surface area contributed by atoms with Crippen LogP contribution in [0.4, 0.5) is 0 Å². The zero-order valence-corrected chi connectivity index (χ0v) is 8.24. The van der Waals surface area contributed by atoms with Gasteiger partial charge in [0.05, 0.1) is 0 Å². The van der Waals surface area contributed by atoms with Gasteiger partial charge in [-0.25, -0.2) is 0 Å². The van der Waals surface area contributed by atoms with Crippen LogP contribution in [0.15, 0.2) is 19.8 Å². The van der Waals surface area contributed by atoms with Crippen molar-refractivity contribution in [1.29, 1.82) is 0 Å². The molecule has 0 bridgehead atoms. The van der Waals surface area contributed by atoms with Gasteiger partial charge >= 0.3 is 61.3 Å². The molecule has 9 heavy (non-hydrogen) atoms. The monoisotopic (exact) mass is 226 g/mol. The molecule has 1 rings (SSSR count). The van der Waals surface area contributed by atoms with E-state index >= 15 is 0 Å². The molecule has 1 heterocycles. The summed E-state index contributed by atoms with van der Waals surface area (Å²) in [6.07, 6.45) is 3.92. The molecule has 0 aromatic carbocycles. The molecule has 1 aliphatic rings. The predicted octanol–water partition coefficient (Wildman–Crippen LogP) is 0.770. The van der Waals surface area contributed by atoms with Crippen LogP contribution in [0.5, 0.6) is 0 Å². The molecule has 0 radical (unpaired) electrons. The van der Waals surface area contributed by atoms with E-state index < -0.39 is 27.4 Å². The normalized spacial score (nSPS) is 14.9. The van der Waals surface area contributed by atoms with Crippen molar-refractivity contribution in [2.75, 3.05) is 0 Å². The van der Waals surface area contributed by atoms with Crippen molar-refractivity contribution < 1.29 is 9.90 Å². The molecule has 1 aliphatic heterocycles. The van der Waals surface area contributed by atoms with Crippen LogP contribution in [0, 0.1) is 0 Å². The van der Waals surface area contributed by atoms with Crippen LogP contribution in [0.25, 0.3) is 0 Å². The molecule has 0 saturated heterocycles. The number of aliphatic carboxylic acids is 1. The van der Waals surface area contributed by atoms with Gasteiger partial charge in [0.25, 0.3) is 0 Å². The van der Waals surface area contributed by atoms with Crippen LogP contribution >= 0.6 is 0 Å². The molecule has 3 heteroatoms. The summed E-state index contributed by atoms with van der Waals surface area (Å²) in [5.74, 6) is -0.646. The Kier molecular flexibility index (Phi) is 2.39. The molecule has 0 saturated carbocycles. The minimum absolute atomic E-state index is 0.425. The second-order valence-corrected chi connectivity index (χ2v) is 9.18. The average Bonchev–Trinajstić information content (AvgIpc) is 2.15. The van der Waals surface area contributed by atoms with Gasteiger partial charge in [-0.3, -0.25) is 0 Å². The molecular weight excluding hydrogens is 219 g/mol. The number of carbonyl (C=O) groups is 1. The summed E-state index contributed by atoms with van der Waals surface area (Å²) >= 11 is -1.73. The number of hydrogen-bond donors (Lipinski definition) is 1. The van der Waals surface area contributed by atoms with Crippen molar-refractivity contribution >= 4 is 27.4 Å². The van der Waals surface area contributed by atoms with Crippen LogP contribution in [-0.2, 0) is 4.79 Å². The molecule has 1 N–H and O–H groups in total. The number of allylic oxidation sites excluding steroid dienone is 2. The second-order valence-electron chi connectivity index (χ2n) is 2.03. The summed E-state index contributed by atoms with van der Waals surface area (Å²) in [5, 5.41) is 8.36. The first-order valence-corrected chi connectivity index (χ1v) is 8.99. The molecular formula is C6H7InO2. The van der Waals surface area contributed by atoms with Crippen LogP contribution < -0.4 is 0 Å². The molecule has 0 atom stereocenters. The number of carboxylic acids is 1. The van der Waals surface area contributed by atoms with E-state index in [-0.39, 0.29) is 0 Å². The third-order valence-electron chi connectivity index (χ3n) is 1.24. The van der Waals surface area contributed by atoms with Gasteiger partial charge in [0.2, 0.25) is 0 Å². The average molecular weight is 226 g/mol. The van der Waals surface area contributed by atoms with Crippen molar-refractivity contribution in [2.24, 2.45) is 0 Å². The molecule has 0 unspecified atom stereocenters. The molecule has 0 aliphatic carbocycles. The van der Waals surface area contributed by atoms with Crippen LogP contribution in [0.1, 0.15) is 0 Å². The molecule has 2 nitrogen and oxygen atoms in total. The first-order valence-electron chi connectivity index (χ1n) is 2.86. The van der Waals surface area contributed by atoms with Crippen molar-refractivity contribution in [1.82, 2.24) is 0 Å². The third-order valence-corrected chi connectivity index (χ3v) is 7.67. The fourth-order valence-corrected chi connectivity index (χ4v) is 5.47. The molecule has 0 amide bonds. The zero-order chi connectivity index (χ0) is 6.69. The Hall–Kier alpha value is -0.180. The van der Waals surface area contributed by atoms with Gasteiger partial charge in [-0.15, -0.1) is 0 Å². The summed E-state index contributed by atoms with van der Waals surface area (Å²) in [6, 6.07) is 0. The summed E-state index contributed by atoms with van der Waals surface area (Å²) in [7, 11) is 0. The Balaban J connectivity index is 2.37. The third kappa shape index (κ3) is 2.26. The number of rotatable bonds is 2. The number of hydrogen-bond acceptors (Lipinski definition) is 1. The van der Waals surface area contributed by atoms with Crippen molar-refractivity contribution in [3.63, 3.8) is 0 Å². The number of carboxylic acid groups (broad SMARTS) is 1. The molecule has 0 aromatic heterocycles. The molecule has 46 valence electrons. The molecule has 0 aromatic rings. The van der Waals surface area contributed by atoms with E-state index in [0.29, 0.717) is 4.18 Å². The van der Waals surface area contributed by atoms with Crippen molar-refractivity contribution in [2.45, 2.75) is 4.18 Å². The van der Waals surface area contributed by atoms with Gasteiger partial charge in [0.1, 0.15) is 0 Å². The van der Waals surface area contributed by atoms with Gasteiger partial charge in [-0.1, -0.05) is 0 Å². The van der Waals surface area contributed by atoms with Crippen molar-refractivity contribution in [3.05, 3.63) is 19.8 Å². The Labute approximate surface area is 61.4 Å². The van der Waals surface area contributed by atoms with E-state index in [1.54, 1.807) is 0 Å². The fraction of sp³-hybridized carbons (Fsp3) is 0.167. The van der Waals surface area contributed by atoms with E-state index in [1.165, 1.54) is 0 Å². The maximum absolute atomic E-state index is 10.1. The first kappa shape index (κ1) is 6.93. The summed E-state index contributed by atoms with van der Waals surface area (Å²) < 4.78 is 4.61. The topological polar surface area (TPSA) is 37.3 Å². The fourth-order valence-electron chi connectivity index (χ4n) is 0.816. The zero-order valence-electron chi connectivity index (χ0n) is 4.95. The first-order chi connectivity index (χ1) is 4.29. The quantitative estimate of drug-likeness (QED) is 0.754. The van der Waals surface area contributed by atoms with Crippen LogP contribution in [-0.4, -0.2) is 32.5 Å². The predicted molar refractivity (Wildman–Crippen MR) is 36.5 cm³/mol. The summed E-state index contributed by atoms with van der Waals surface area (Å²) in [5.41, 5.74) is 0. The van der Waals surface area contributed by atoms with Gasteiger partial charge in [0.15, 0.2) is 0 Å². The van der Waals surface area contributed by atoms with Crippen LogP contribution in [0.2, 0.25) is 4.18 Å². The van der Waals surface area contributed by atoms with Crippen molar-refractivity contribution in [3.8, 4) is 0 Å². The van der Waals surface area contributed by atoms with Gasteiger partial charge in [-0.2, -0.15) is 0 Å². The van der Waals surface area contributed by atoms with E-state index in [0.717, 1.165) is 0 Å². The standard InChI is InChI=1S/C4H4.C2H3O2.In/c1-3-4-2;1-2(3)4;/h1-4H;1H2,(H,3,4);. The van der Waals surface area contributed by atoms with E-state index in [2.05, 4.69) is 7.67 Å². The van der Waals surface area contributed by atoms with Crippen LogP contribution in [0.3, 0.4) is 0 Å². The summed E-state index contributed by atoms with van der Waals surface area (Å²) in [6.45, 7) is 0.